The quantitative estimate of drug-likeness (QED) is 0.877. The van der Waals surface area contributed by atoms with E-state index in [9.17, 15) is 0 Å². The van der Waals surface area contributed by atoms with Gasteiger partial charge < -0.3 is 15.0 Å². The molecule has 17 heavy (non-hydrogen) atoms. The Kier molecular flexibility index (Phi) is 3.15. The predicted octanol–water partition coefficient (Wildman–Crippen LogP) is 1.86. The van der Waals surface area contributed by atoms with E-state index >= 15 is 0 Å². The summed E-state index contributed by atoms with van der Waals surface area (Å²) in [6.07, 6.45) is 0. The van der Waals surface area contributed by atoms with E-state index in [1.165, 1.54) is 0 Å². The number of methoxy groups -OCH3 is 1. The molecule has 0 radical (unpaired) electrons. The monoisotopic (exact) mass is 231 g/mol. The molecule has 0 atom stereocenters. The summed E-state index contributed by atoms with van der Waals surface area (Å²) >= 11 is 0. The van der Waals surface area contributed by atoms with E-state index in [-0.39, 0.29) is 0 Å². The Morgan fingerprint density at radius 1 is 1.29 bits per heavy atom. The summed E-state index contributed by atoms with van der Waals surface area (Å²) in [6.45, 7) is 2.46. The summed E-state index contributed by atoms with van der Waals surface area (Å²) in [6, 6.07) is 7.86. The van der Waals surface area contributed by atoms with Crippen molar-refractivity contribution in [1.82, 2.24) is 9.55 Å². The molecule has 2 aromatic rings. The van der Waals surface area contributed by atoms with Crippen LogP contribution in [0.25, 0.3) is 11.3 Å². The third kappa shape index (κ3) is 2.03. The number of nitrogens with two attached hydrogens (primary N) is 1. The smallest absolute Gasteiger partial charge is 0.118 e. The van der Waals surface area contributed by atoms with Crippen LogP contribution in [0.5, 0.6) is 5.75 Å². The van der Waals surface area contributed by atoms with Gasteiger partial charge in [0.05, 0.1) is 18.5 Å². The van der Waals surface area contributed by atoms with Gasteiger partial charge in [-0.25, -0.2) is 4.98 Å². The summed E-state index contributed by atoms with van der Waals surface area (Å²) < 4.78 is 7.17. The summed E-state index contributed by atoms with van der Waals surface area (Å²) in [5.74, 6) is 1.81. The van der Waals surface area contributed by atoms with Gasteiger partial charge in [0, 0.05) is 19.2 Å². The van der Waals surface area contributed by atoms with Gasteiger partial charge >= 0.3 is 0 Å². The maximum atomic E-state index is 5.77. The maximum absolute atomic E-state index is 5.77. The molecule has 0 amide bonds. The lowest BCUT2D eigenvalue weighted by molar-refractivity contribution is 0.415. The molecular formula is C13H17N3O. The van der Waals surface area contributed by atoms with Crippen LogP contribution in [0.15, 0.2) is 24.3 Å². The van der Waals surface area contributed by atoms with Gasteiger partial charge in [0.2, 0.25) is 0 Å². The van der Waals surface area contributed by atoms with Crippen molar-refractivity contribution in [2.75, 3.05) is 7.11 Å². The first-order chi connectivity index (χ1) is 8.17. The minimum atomic E-state index is 0.485. The molecule has 1 aromatic carbocycles. The summed E-state index contributed by atoms with van der Waals surface area (Å²) in [7, 11) is 3.64. The molecular weight excluding hydrogens is 214 g/mol. The lowest BCUT2D eigenvalue weighted by Crippen LogP contribution is -2.05. The fourth-order valence-electron chi connectivity index (χ4n) is 1.87. The normalized spacial score (nSPS) is 10.6. The average molecular weight is 231 g/mol. The third-order valence-electron chi connectivity index (χ3n) is 2.99. The second-order valence-corrected chi connectivity index (χ2v) is 3.95. The molecule has 0 spiro atoms. The highest BCUT2D eigenvalue weighted by molar-refractivity contribution is 5.63. The largest absolute Gasteiger partial charge is 0.497 e. The number of hydrogen-bond acceptors (Lipinski definition) is 3. The maximum Gasteiger partial charge on any atom is 0.118 e. The molecule has 2 rings (SSSR count). The van der Waals surface area contributed by atoms with Gasteiger partial charge in [-0.15, -0.1) is 0 Å². The van der Waals surface area contributed by atoms with Crippen LogP contribution < -0.4 is 10.5 Å². The highest BCUT2D eigenvalue weighted by Crippen LogP contribution is 2.25. The molecule has 0 aliphatic carbocycles. The Morgan fingerprint density at radius 3 is 2.47 bits per heavy atom. The zero-order valence-electron chi connectivity index (χ0n) is 10.4. The second kappa shape index (κ2) is 4.59. The highest BCUT2D eigenvalue weighted by Gasteiger charge is 2.12. The SMILES string of the molecule is COc1ccc(-c2nc(C)n(C)c2CN)cc1. The average Bonchev–Trinajstić information content (AvgIpc) is 2.65. The first-order valence-electron chi connectivity index (χ1n) is 5.54. The van der Waals surface area contributed by atoms with Crippen molar-refractivity contribution < 1.29 is 4.74 Å². The highest BCUT2D eigenvalue weighted by atomic mass is 16.5. The fraction of sp³-hybridized carbons (Fsp3) is 0.308. The van der Waals surface area contributed by atoms with Crippen molar-refractivity contribution in [3.05, 3.63) is 35.8 Å². The third-order valence-corrected chi connectivity index (χ3v) is 2.99. The standard InChI is InChI=1S/C13H17N3O/c1-9-15-13(12(8-14)16(9)2)10-4-6-11(17-3)7-5-10/h4-7H,8,14H2,1-3H3. The number of aryl methyl sites for hydroxylation is 1. The number of imidazole rings is 1. The van der Waals surface area contributed by atoms with Crippen LogP contribution in [0.4, 0.5) is 0 Å². The molecule has 0 bridgehead atoms. The Hall–Kier alpha value is -1.81. The number of ether oxygens (including phenoxy) is 1. The molecule has 0 aliphatic rings. The van der Waals surface area contributed by atoms with Crippen molar-refractivity contribution >= 4 is 0 Å². The van der Waals surface area contributed by atoms with E-state index < -0.39 is 0 Å². The van der Waals surface area contributed by atoms with Gasteiger partial charge in [-0.2, -0.15) is 0 Å². The van der Waals surface area contributed by atoms with Crippen molar-refractivity contribution in [1.29, 1.82) is 0 Å². The molecule has 0 saturated carbocycles. The van der Waals surface area contributed by atoms with Crippen LogP contribution in [0.2, 0.25) is 0 Å². The Labute approximate surface area is 101 Å². The lowest BCUT2D eigenvalue weighted by atomic mass is 10.1. The first kappa shape index (κ1) is 11.7. The zero-order chi connectivity index (χ0) is 12.4. The minimum Gasteiger partial charge on any atom is -0.497 e. The minimum absolute atomic E-state index is 0.485. The number of nitrogens with zero attached hydrogens (tertiary/aromatic N) is 2. The van der Waals surface area contributed by atoms with Crippen LogP contribution in [-0.4, -0.2) is 16.7 Å². The van der Waals surface area contributed by atoms with E-state index in [1.807, 2.05) is 42.8 Å². The van der Waals surface area contributed by atoms with Crippen molar-refractivity contribution in [3.63, 3.8) is 0 Å². The zero-order valence-corrected chi connectivity index (χ0v) is 10.4. The molecule has 0 aliphatic heterocycles. The van der Waals surface area contributed by atoms with Gasteiger partial charge in [-0.1, -0.05) is 0 Å². The Bertz CT molecular complexity index is 514. The molecule has 90 valence electrons. The Morgan fingerprint density at radius 2 is 1.94 bits per heavy atom. The van der Waals surface area contributed by atoms with Crippen LogP contribution in [0.3, 0.4) is 0 Å². The summed E-state index contributed by atoms with van der Waals surface area (Å²) in [4.78, 5) is 4.55. The van der Waals surface area contributed by atoms with E-state index in [2.05, 4.69) is 4.98 Å². The Balaban J connectivity index is 2.48. The van der Waals surface area contributed by atoms with E-state index in [1.54, 1.807) is 7.11 Å². The molecule has 0 unspecified atom stereocenters. The van der Waals surface area contributed by atoms with Gasteiger partial charge in [0.25, 0.3) is 0 Å². The molecule has 4 nitrogen and oxygen atoms in total. The molecule has 0 saturated heterocycles. The first-order valence-corrected chi connectivity index (χ1v) is 5.54. The summed E-state index contributed by atoms with van der Waals surface area (Å²) in [5.41, 5.74) is 8.84. The fourth-order valence-corrected chi connectivity index (χ4v) is 1.87. The van der Waals surface area contributed by atoms with E-state index in [4.69, 9.17) is 10.5 Å². The van der Waals surface area contributed by atoms with Gasteiger partial charge in [0.15, 0.2) is 0 Å². The number of rotatable bonds is 3. The number of hydrogen-bond donors (Lipinski definition) is 1. The lowest BCUT2D eigenvalue weighted by Gasteiger charge is -2.04. The molecule has 1 heterocycles. The van der Waals surface area contributed by atoms with Crippen molar-refractivity contribution in [3.8, 4) is 17.0 Å². The van der Waals surface area contributed by atoms with E-state index in [0.29, 0.717) is 6.54 Å². The van der Waals surface area contributed by atoms with Crippen molar-refractivity contribution in [2.24, 2.45) is 12.8 Å². The van der Waals surface area contributed by atoms with Gasteiger partial charge in [-0.3, -0.25) is 0 Å². The topological polar surface area (TPSA) is 53.1 Å². The van der Waals surface area contributed by atoms with E-state index in [0.717, 1.165) is 28.5 Å². The summed E-state index contributed by atoms with van der Waals surface area (Å²) in [5, 5.41) is 0. The molecule has 4 heteroatoms. The van der Waals surface area contributed by atoms with Crippen LogP contribution in [0.1, 0.15) is 11.5 Å². The predicted molar refractivity (Wildman–Crippen MR) is 67.8 cm³/mol. The molecule has 0 fully saturated rings. The van der Waals surface area contributed by atoms with Gasteiger partial charge in [-0.05, 0) is 31.2 Å². The second-order valence-electron chi connectivity index (χ2n) is 3.95. The van der Waals surface area contributed by atoms with Gasteiger partial charge in [0.1, 0.15) is 11.6 Å². The van der Waals surface area contributed by atoms with Crippen molar-refractivity contribution in [2.45, 2.75) is 13.5 Å². The van der Waals surface area contributed by atoms with Crippen LogP contribution >= 0.6 is 0 Å². The van der Waals surface area contributed by atoms with Crippen LogP contribution in [0, 0.1) is 6.92 Å². The molecule has 2 N–H and O–H groups in total. The van der Waals surface area contributed by atoms with Crippen LogP contribution in [-0.2, 0) is 13.6 Å². The number of aromatic nitrogens is 2. The number of benzene rings is 1. The molecule has 1 aromatic heterocycles.